The molecule has 1 aromatic rings. The molecule has 1 N–H and O–H groups in total. The summed E-state index contributed by atoms with van der Waals surface area (Å²) < 4.78 is 5.02. The molecular formula is C10H9O2. The van der Waals surface area contributed by atoms with Gasteiger partial charge in [0.2, 0.25) is 6.29 Å². The molecule has 61 valence electrons. The van der Waals surface area contributed by atoms with Crippen LogP contribution in [0.3, 0.4) is 0 Å². The zero-order valence-corrected chi connectivity index (χ0v) is 6.53. The van der Waals surface area contributed by atoms with Crippen LogP contribution >= 0.6 is 0 Å². The molecule has 0 bridgehead atoms. The van der Waals surface area contributed by atoms with Gasteiger partial charge in [0.05, 0.1) is 0 Å². The lowest BCUT2D eigenvalue weighted by Gasteiger charge is -2.20. The lowest BCUT2D eigenvalue weighted by molar-refractivity contribution is -0.0655. The third kappa shape index (κ3) is 1.10. The number of benzene rings is 1. The quantitative estimate of drug-likeness (QED) is 0.629. The Labute approximate surface area is 71.1 Å². The second-order valence-corrected chi connectivity index (χ2v) is 2.71. The van der Waals surface area contributed by atoms with E-state index in [-0.39, 0.29) is 0 Å². The number of aliphatic hydroxyl groups is 1. The largest absolute Gasteiger partial charge is 0.465 e. The smallest absolute Gasteiger partial charge is 0.224 e. The van der Waals surface area contributed by atoms with Crippen molar-refractivity contribution in [1.29, 1.82) is 0 Å². The van der Waals surface area contributed by atoms with E-state index < -0.39 is 6.29 Å². The van der Waals surface area contributed by atoms with Crippen LogP contribution in [0.5, 0.6) is 0 Å². The summed E-state index contributed by atoms with van der Waals surface area (Å²) in [7, 11) is 0. The lowest BCUT2D eigenvalue weighted by Crippen LogP contribution is -2.08. The molecule has 0 saturated carbocycles. The summed E-state index contributed by atoms with van der Waals surface area (Å²) in [6.45, 7) is 3.63. The molecule has 1 atom stereocenters. The molecule has 1 aromatic carbocycles. The lowest BCUT2D eigenvalue weighted by atomic mass is 10.0. The van der Waals surface area contributed by atoms with Crippen molar-refractivity contribution in [2.75, 3.05) is 0 Å². The minimum absolute atomic E-state index is 0.501. The van der Waals surface area contributed by atoms with Crippen molar-refractivity contribution >= 4 is 6.08 Å². The number of hydrogen-bond donors (Lipinski definition) is 1. The van der Waals surface area contributed by atoms with E-state index in [0.29, 0.717) is 5.76 Å². The average molecular weight is 161 g/mol. The van der Waals surface area contributed by atoms with Crippen LogP contribution in [0, 0.1) is 6.92 Å². The van der Waals surface area contributed by atoms with Gasteiger partial charge in [0.15, 0.2) is 0 Å². The fraction of sp³-hybridized carbons (Fsp3) is 0.100. The second kappa shape index (κ2) is 2.64. The summed E-state index contributed by atoms with van der Waals surface area (Å²) in [6, 6.07) is 7.54. The first-order chi connectivity index (χ1) is 5.77. The Bertz CT molecular complexity index is 328. The van der Waals surface area contributed by atoms with Gasteiger partial charge in [-0.1, -0.05) is 24.3 Å². The summed E-state index contributed by atoms with van der Waals surface area (Å²) in [5, 5.41) is 9.43. The monoisotopic (exact) mass is 161 g/mol. The van der Waals surface area contributed by atoms with Crippen molar-refractivity contribution in [1.82, 2.24) is 0 Å². The van der Waals surface area contributed by atoms with Gasteiger partial charge in [-0.25, -0.2) is 0 Å². The van der Waals surface area contributed by atoms with E-state index in [1.165, 1.54) is 0 Å². The Balaban J connectivity index is 2.55. The maximum Gasteiger partial charge on any atom is 0.224 e. The molecule has 2 heteroatoms. The van der Waals surface area contributed by atoms with Crippen molar-refractivity contribution in [2.24, 2.45) is 0 Å². The molecule has 0 saturated heterocycles. The average Bonchev–Trinajstić information content (AvgIpc) is 2.04. The van der Waals surface area contributed by atoms with Crippen LogP contribution < -0.4 is 0 Å². The third-order valence-electron chi connectivity index (χ3n) is 1.84. The second-order valence-electron chi connectivity index (χ2n) is 2.71. The number of rotatable bonds is 0. The van der Waals surface area contributed by atoms with Gasteiger partial charge in [0.25, 0.3) is 0 Å². The van der Waals surface area contributed by atoms with Gasteiger partial charge < -0.3 is 9.84 Å². The molecule has 1 heterocycles. The number of allylic oxidation sites excluding steroid dienone is 1. The summed E-state index contributed by atoms with van der Waals surface area (Å²) >= 11 is 0. The standard InChI is InChI=1S/C10H9O2/c1-7-6-8-4-2-3-5-9(8)10(11)12-7/h2-6,10-11H,1H2. The normalized spacial score (nSPS) is 20.8. The van der Waals surface area contributed by atoms with Gasteiger partial charge in [0.1, 0.15) is 5.76 Å². The Morgan fingerprint density at radius 3 is 2.92 bits per heavy atom. The maximum atomic E-state index is 9.43. The molecule has 12 heavy (non-hydrogen) atoms. The molecular weight excluding hydrogens is 152 g/mol. The van der Waals surface area contributed by atoms with Crippen molar-refractivity contribution in [3.63, 3.8) is 0 Å². The zero-order chi connectivity index (χ0) is 8.55. The SMILES string of the molecule is [CH2]C1=Cc2ccccc2C(O)O1. The topological polar surface area (TPSA) is 29.5 Å². The third-order valence-corrected chi connectivity index (χ3v) is 1.84. The maximum absolute atomic E-state index is 9.43. The van der Waals surface area contributed by atoms with Gasteiger partial charge in [-0.2, -0.15) is 0 Å². The van der Waals surface area contributed by atoms with Crippen LogP contribution in [-0.4, -0.2) is 5.11 Å². The highest BCUT2D eigenvalue weighted by Gasteiger charge is 2.16. The van der Waals surface area contributed by atoms with E-state index in [1.54, 1.807) is 0 Å². The number of aliphatic hydroxyl groups excluding tert-OH is 1. The van der Waals surface area contributed by atoms with E-state index in [4.69, 9.17) is 4.74 Å². The Morgan fingerprint density at radius 1 is 1.33 bits per heavy atom. The molecule has 1 radical (unpaired) electrons. The van der Waals surface area contributed by atoms with Crippen LogP contribution in [-0.2, 0) is 4.74 Å². The van der Waals surface area contributed by atoms with Crippen molar-refractivity contribution in [3.05, 3.63) is 48.1 Å². The molecule has 0 fully saturated rings. The molecule has 1 aliphatic heterocycles. The van der Waals surface area contributed by atoms with E-state index in [2.05, 4.69) is 6.92 Å². The van der Waals surface area contributed by atoms with Crippen LogP contribution in [0.15, 0.2) is 30.0 Å². The van der Waals surface area contributed by atoms with E-state index in [1.807, 2.05) is 30.3 Å². The van der Waals surface area contributed by atoms with E-state index in [0.717, 1.165) is 11.1 Å². The minimum Gasteiger partial charge on any atom is -0.465 e. The predicted molar refractivity (Wildman–Crippen MR) is 45.8 cm³/mol. The van der Waals surface area contributed by atoms with E-state index >= 15 is 0 Å². The van der Waals surface area contributed by atoms with Gasteiger partial charge in [-0.15, -0.1) is 0 Å². The Morgan fingerprint density at radius 2 is 2.08 bits per heavy atom. The first-order valence-electron chi connectivity index (χ1n) is 3.74. The molecule has 0 amide bonds. The van der Waals surface area contributed by atoms with Gasteiger partial charge in [0, 0.05) is 12.5 Å². The molecule has 0 spiro atoms. The summed E-state index contributed by atoms with van der Waals surface area (Å²) in [4.78, 5) is 0. The van der Waals surface area contributed by atoms with Gasteiger partial charge in [-0.3, -0.25) is 0 Å². The fourth-order valence-corrected chi connectivity index (χ4v) is 1.28. The Kier molecular flexibility index (Phi) is 1.62. The zero-order valence-electron chi connectivity index (χ0n) is 6.53. The highest BCUT2D eigenvalue weighted by Crippen LogP contribution is 2.28. The molecule has 2 nitrogen and oxygen atoms in total. The number of fused-ring (bicyclic) bond motifs is 1. The van der Waals surface area contributed by atoms with Gasteiger partial charge in [-0.05, 0) is 11.6 Å². The van der Waals surface area contributed by atoms with Crippen LogP contribution in [0.1, 0.15) is 17.4 Å². The fourth-order valence-electron chi connectivity index (χ4n) is 1.28. The highest BCUT2D eigenvalue weighted by atomic mass is 16.6. The van der Waals surface area contributed by atoms with Crippen LogP contribution in [0.25, 0.3) is 6.08 Å². The number of ether oxygens (including phenoxy) is 1. The summed E-state index contributed by atoms with van der Waals surface area (Å²) in [5.74, 6) is 0.501. The first-order valence-corrected chi connectivity index (χ1v) is 3.74. The van der Waals surface area contributed by atoms with Crippen molar-refractivity contribution in [3.8, 4) is 0 Å². The van der Waals surface area contributed by atoms with Crippen molar-refractivity contribution in [2.45, 2.75) is 6.29 Å². The summed E-state index contributed by atoms with van der Waals surface area (Å²) in [5.41, 5.74) is 1.77. The minimum atomic E-state index is -0.862. The molecule has 0 aliphatic carbocycles. The highest BCUT2D eigenvalue weighted by molar-refractivity contribution is 5.58. The van der Waals surface area contributed by atoms with Crippen molar-refractivity contribution < 1.29 is 9.84 Å². The first kappa shape index (κ1) is 7.37. The molecule has 2 rings (SSSR count). The van der Waals surface area contributed by atoms with Crippen LogP contribution in [0.4, 0.5) is 0 Å². The number of hydrogen-bond acceptors (Lipinski definition) is 2. The molecule has 1 unspecified atom stereocenters. The predicted octanol–water partition coefficient (Wildman–Crippen LogP) is 1.88. The summed E-state index contributed by atoms with van der Waals surface area (Å²) in [6.07, 6.45) is 0.945. The van der Waals surface area contributed by atoms with E-state index in [9.17, 15) is 5.11 Å². The Hall–Kier alpha value is -1.28. The molecule has 0 aromatic heterocycles. The van der Waals surface area contributed by atoms with Gasteiger partial charge >= 0.3 is 0 Å². The molecule has 1 aliphatic rings. The van der Waals surface area contributed by atoms with Crippen LogP contribution in [0.2, 0.25) is 0 Å².